The minimum Gasteiger partial charge on any atom is -0.485 e. The molecule has 6 heteroatoms. The van der Waals surface area contributed by atoms with Crippen molar-refractivity contribution in [2.75, 3.05) is 37.0 Å². The molecule has 3 heterocycles. The van der Waals surface area contributed by atoms with E-state index < -0.39 is 0 Å². The van der Waals surface area contributed by atoms with Crippen molar-refractivity contribution in [3.8, 4) is 5.75 Å². The van der Waals surface area contributed by atoms with Crippen LogP contribution in [0, 0.1) is 0 Å². The first-order chi connectivity index (χ1) is 9.74. The van der Waals surface area contributed by atoms with Crippen LogP contribution in [0.15, 0.2) is 29.9 Å². The second kappa shape index (κ2) is 5.66. The first-order valence-corrected chi connectivity index (χ1v) is 7.55. The van der Waals surface area contributed by atoms with Gasteiger partial charge in [-0.05, 0) is 12.1 Å². The second-order valence-electron chi connectivity index (χ2n) is 5.01. The molecule has 0 radical (unpaired) electrons. The summed E-state index contributed by atoms with van der Waals surface area (Å²) in [6.07, 6.45) is 4.85. The Kier molecular flexibility index (Phi) is 3.73. The molecule has 2 aromatic heterocycles. The fourth-order valence-corrected chi connectivity index (χ4v) is 3.04. The number of hydrogen-bond donors (Lipinski definition) is 0. The molecule has 0 bridgehead atoms. The van der Waals surface area contributed by atoms with Gasteiger partial charge in [-0.3, -0.25) is 0 Å². The van der Waals surface area contributed by atoms with E-state index in [1.54, 1.807) is 17.5 Å². The summed E-state index contributed by atoms with van der Waals surface area (Å²) in [4.78, 5) is 13.0. The zero-order chi connectivity index (χ0) is 13.9. The lowest BCUT2D eigenvalue weighted by Crippen LogP contribution is -2.25. The Morgan fingerprint density at radius 1 is 1.35 bits per heavy atom. The van der Waals surface area contributed by atoms with Crippen molar-refractivity contribution in [3.63, 3.8) is 0 Å². The molecule has 0 aliphatic carbocycles. The van der Waals surface area contributed by atoms with Crippen molar-refractivity contribution in [1.82, 2.24) is 9.97 Å². The summed E-state index contributed by atoms with van der Waals surface area (Å²) in [5.41, 5.74) is 0. The molecule has 0 N–H and O–H groups in total. The van der Waals surface area contributed by atoms with E-state index in [2.05, 4.69) is 14.9 Å². The highest BCUT2D eigenvalue weighted by Crippen LogP contribution is 2.28. The van der Waals surface area contributed by atoms with Crippen molar-refractivity contribution in [1.29, 1.82) is 0 Å². The standard InChI is InChI=1S/C14H18N4OS/c1-17(2)13-12(4-3-6-15-13)19-11-5-8-18(10-11)14-16-7-9-20-14/h3-4,6-7,9,11H,5,8,10H2,1-2H3/t11-/m0/s1. The predicted molar refractivity (Wildman–Crippen MR) is 81.9 cm³/mol. The van der Waals surface area contributed by atoms with E-state index in [-0.39, 0.29) is 6.10 Å². The van der Waals surface area contributed by atoms with Gasteiger partial charge in [0.2, 0.25) is 0 Å². The Morgan fingerprint density at radius 2 is 2.25 bits per heavy atom. The van der Waals surface area contributed by atoms with Crippen LogP contribution in [0.1, 0.15) is 6.42 Å². The average Bonchev–Trinajstić information content (AvgIpc) is 3.09. The smallest absolute Gasteiger partial charge is 0.185 e. The number of anilines is 2. The van der Waals surface area contributed by atoms with Crippen molar-refractivity contribution in [2.45, 2.75) is 12.5 Å². The first kappa shape index (κ1) is 13.2. The highest BCUT2D eigenvalue weighted by molar-refractivity contribution is 7.13. The van der Waals surface area contributed by atoms with E-state index in [4.69, 9.17) is 4.74 Å². The molecule has 106 valence electrons. The SMILES string of the molecule is CN(C)c1ncccc1O[C@H]1CCN(c2nccs2)C1. The van der Waals surface area contributed by atoms with Crippen molar-refractivity contribution >= 4 is 22.3 Å². The van der Waals surface area contributed by atoms with E-state index in [0.717, 1.165) is 36.2 Å². The lowest BCUT2D eigenvalue weighted by molar-refractivity contribution is 0.225. The molecule has 0 aromatic carbocycles. The van der Waals surface area contributed by atoms with E-state index in [1.165, 1.54) is 0 Å². The minimum atomic E-state index is 0.196. The number of nitrogens with zero attached hydrogens (tertiary/aromatic N) is 4. The van der Waals surface area contributed by atoms with Gasteiger partial charge in [0.05, 0.1) is 6.54 Å². The van der Waals surface area contributed by atoms with Crippen LogP contribution in [-0.4, -0.2) is 43.3 Å². The molecular weight excluding hydrogens is 272 g/mol. The van der Waals surface area contributed by atoms with Crippen molar-refractivity contribution < 1.29 is 4.74 Å². The molecule has 1 atom stereocenters. The third-order valence-electron chi connectivity index (χ3n) is 3.30. The predicted octanol–water partition coefficient (Wildman–Crippen LogP) is 2.26. The lowest BCUT2D eigenvalue weighted by Gasteiger charge is -2.20. The Bertz CT molecular complexity index is 558. The number of thiazole rings is 1. The lowest BCUT2D eigenvalue weighted by atomic mass is 10.3. The van der Waals surface area contributed by atoms with Gasteiger partial charge in [0.25, 0.3) is 0 Å². The van der Waals surface area contributed by atoms with Gasteiger partial charge >= 0.3 is 0 Å². The normalized spacial score (nSPS) is 18.3. The summed E-state index contributed by atoms with van der Waals surface area (Å²) in [5.74, 6) is 1.73. The maximum atomic E-state index is 6.13. The average molecular weight is 290 g/mol. The molecule has 0 saturated carbocycles. The molecule has 1 saturated heterocycles. The van der Waals surface area contributed by atoms with Gasteiger partial charge < -0.3 is 14.5 Å². The van der Waals surface area contributed by atoms with Crippen LogP contribution in [0.2, 0.25) is 0 Å². The van der Waals surface area contributed by atoms with Crippen molar-refractivity contribution in [2.24, 2.45) is 0 Å². The number of hydrogen-bond acceptors (Lipinski definition) is 6. The molecule has 5 nitrogen and oxygen atoms in total. The van der Waals surface area contributed by atoms with Crippen LogP contribution in [0.4, 0.5) is 10.9 Å². The zero-order valence-electron chi connectivity index (χ0n) is 11.7. The van der Waals surface area contributed by atoms with Gasteiger partial charge in [-0.15, -0.1) is 11.3 Å². The molecule has 0 unspecified atom stereocenters. The molecule has 0 amide bonds. The third kappa shape index (κ3) is 2.70. The van der Waals surface area contributed by atoms with E-state index in [0.29, 0.717) is 0 Å². The van der Waals surface area contributed by atoms with Gasteiger partial charge in [0, 0.05) is 44.8 Å². The molecule has 1 fully saturated rings. The Morgan fingerprint density at radius 3 is 3.00 bits per heavy atom. The van der Waals surface area contributed by atoms with Gasteiger partial charge in [0.1, 0.15) is 6.10 Å². The second-order valence-corrected chi connectivity index (χ2v) is 5.88. The van der Waals surface area contributed by atoms with Gasteiger partial charge in [-0.1, -0.05) is 0 Å². The first-order valence-electron chi connectivity index (χ1n) is 6.67. The quantitative estimate of drug-likeness (QED) is 0.864. The maximum absolute atomic E-state index is 6.13. The summed E-state index contributed by atoms with van der Waals surface area (Å²) in [6, 6.07) is 3.89. The number of rotatable bonds is 4. The molecule has 1 aliphatic heterocycles. The highest BCUT2D eigenvalue weighted by atomic mass is 32.1. The van der Waals surface area contributed by atoms with Crippen LogP contribution in [0.25, 0.3) is 0 Å². The van der Waals surface area contributed by atoms with Crippen LogP contribution >= 0.6 is 11.3 Å². The number of aromatic nitrogens is 2. The molecule has 20 heavy (non-hydrogen) atoms. The zero-order valence-corrected chi connectivity index (χ0v) is 12.5. The molecular formula is C14H18N4OS. The Hall–Kier alpha value is -1.82. The van der Waals surface area contributed by atoms with Crippen LogP contribution in [-0.2, 0) is 0 Å². The monoisotopic (exact) mass is 290 g/mol. The van der Waals surface area contributed by atoms with Crippen molar-refractivity contribution in [3.05, 3.63) is 29.9 Å². The molecule has 1 aliphatic rings. The Labute approximate surface area is 122 Å². The summed E-state index contributed by atoms with van der Waals surface area (Å²) in [5, 5.41) is 3.09. The summed E-state index contributed by atoms with van der Waals surface area (Å²) in [6.45, 7) is 1.88. The topological polar surface area (TPSA) is 41.5 Å². The minimum absolute atomic E-state index is 0.196. The van der Waals surface area contributed by atoms with E-state index in [9.17, 15) is 0 Å². The van der Waals surface area contributed by atoms with Gasteiger partial charge in [0.15, 0.2) is 16.7 Å². The van der Waals surface area contributed by atoms with E-state index >= 15 is 0 Å². The molecule has 2 aromatic rings. The van der Waals surface area contributed by atoms with Gasteiger partial charge in [-0.2, -0.15) is 0 Å². The fourth-order valence-electron chi connectivity index (χ4n) is 2.36. The summed E-state index contributed by atoms with van der Waals surface area (Å²) in [7, 11) is 3.96. The number of pyridine rings is 1. The van der Waals surface area contributed by atoms with E-state index in [1.807, 2.05) is 42.7 Å². The van der Waals surface area contributed by atoms with Crippen LogP contribution < -0.4 is 14.5 Å². The third-order valence-corrected chi connectivity index (χ3v) is 4.14. The van der Waals surface area contributed by atoms with Crippen LogP contribution in [0.3, 0.4) is 0 Å². The highest BCUT2D eigenvalue weighted by Gasteiger charge is 2.26. The Balaban J connectivity index is 1.68. The fraction of sp³-hybridized carbons (Fsp3) is 0.429. The van der Waals surface area contributed by atoms with Gasteiger partial charge in [-0.25, -0.2) is 9.97 Å². The van der Waals surface area contributed by atoms with Crippen LogP contribution in [0.5, 0.6) is 5.75 Å². The largest absolute Gasteiger partial charge is 0.485 e. The molecule has 0 spiro atoms. The number of ether oxygens (including phenoxy) is 1. The summed E-state index contributed by atoms with van der Waals surface area (Å²) >= 11 is 1.68. The summed E-state index contributed by atoms with van der Waals surface area (Å²) < 4.78 is 6.13. The molecule has 3 rings (SSSR count). The maximum Gasteiger partial charge on any atom is 0.185 e.